The second kappa shape index (κ2) is 7.72. The van der Waals surface area contributed by atoms with Crippen LogP contribution in [-0.4, -0.2) is 49.6 Å². The maximum Gasteiger partial charge on any atom is 0.127 e. The van der Waals surface area contributed by atoms with Gasteiger partial charge in [0.25, 0.3) is 0 Å². The van der Waals surface area contributed by atoms with E-state index in [0.29, 0.717) is 0 Å². The van der Waals surface area contributed by atoms with Gasteiger partial charge in [-0.05, 0) is 31.6 Å². The van der Waals surface area contributed by atoms with Crippen LogP contribution in [0.3, 0.4) is 0 Å². The van der Waals surface area contributed by atoms with Gasteiger partial charge in [0.15, 0.2) is 0 Å². The van der Waals surface area contributed by atoms with Crippen LogP contribution < -0.4 is 5.32 Å². The first-order valence-corrected chi connectivity index (χ1v) is 7.58. The van der Waals surface area contributed by atoms with Crippen molar-refractivity contribution < 1.29 is 4.39 Å². The summed E-state index contributed by atoms with van der Waals surface area (Å²) in [6.07, 6.45) is 1.12. The molecule has 1 aromatic rings. The fraction of sp³-hybridized carbons (Fsp3) is 0.625. The van der Waals surface area contributed by atoms with Crippen LogP contribution in [0.4, 0.5) is 4.39 Å². The maximum absolute atomic E-state index is 13.9. The van der Waals surface area contributed by atoms with Crippen molar-refractivity contribution in [3.8, 4) is 0 Å². The Hall–Kier alpha value is -0.970. The topological polar surface area (TPSA) is 18.5 Å². The lowest BCUT2D eigenvalue weighted by Crippen LogP contribution is -2.44. The fourth-order valence-corrected chi connectivity index (χ4v) is 2.52. The first-order chi connectivity index (χ1) is 9.69. The third-order valence-corrected chi connectivity index (χ3v) is 3.86. The van der Waals surface area contributed by atoms with Crippen LogP contribution in [0.25, 0.3) is 0 Å². The minimum Gasteiger partial charge on any atom is -0.313 e. The van der Waals surface area contributed by atoms with Crippen LogP contribution in [0.1, 0.15) is 24.5 Å². The van der Waals surface area contributed by atoms with Gasteiger partial charge >= 0.3 is 0 Å². The van der Waals surface area contributed by atoms with Crippen molar-refractivity contribution in [1.82, 2.24) is 15.1 Å². The van der Waals surface area contributed by atoms with Crippen LogP contribution in [-0.2, 0) is 13.1 Å². The maximum atomic E-state index is 13.9. The molecule has 2 rings (SSSR count). The van der Waals surface area contributed by atoms with Gasteiger partial charge in [-0.1, -0.05) is 19.1 Å². The van der Waals surface area contributed by atoms with E-state index in [1.165, 1.54) is 5.56 Å². The lowest BCUT2D eigenvalue weighted by Gasteiger charge is -2.32. The molecule has 1 fully saturated rings. The van der Waals surface area contributed by atoms with E-state index in [9.17, 15) is 4.39 Å². The monoisotopic (exact) mass is 279 g/mol. The number of piperazine rings is 1. The number of hydrogen-bond donors (Lipinski definition) is 1. The van der Waals surface area contributed by atoms with Crippen molar-refractivity contribution in [1.29, 1.82) is 0 Å². The molecule has 1 aromatic carbocycles. The standard InChI is InChI=1S/C16H26FN3/c1-3-6-18-12-14-4-5-16(17)15(11-14)13-20-9-7-19(2)8-10-20/h4-5,11,18H,3,6-10,12-13H2,1-2H3. The number of benzene rings is 1. The summed E-state index contributed by atoms with van der Waals surface area (Å²) < 4.78 is 13.9. The Balaban J connectivity index is 1.94. The first-order valence-electron chi connectivity index (χ1n) is 7.58. The Morgan fingerprint density at radius 1 is 1.20 bits per heavy atom. The molecule has 0 radical (unpaired) electrons. The van der Waals surface area contributed by atoms with Gasteiger partial charge in [0.05, 0.1) is 0 Å². The van der Waals surface area contributed by atoms with Crippen molar-refractivity contribution in [2.45, 2.75) is 26.4 Å². The highest BCUT2D eigenvalue weighted by molar-refractivity contribution is 5.25. The predicted molar refractivity (Wildman–Crippen MR) is 81.2 cm³/mol. The molecule has 112 valence electrons. The minimum atomic E-state index is -0.0804. The van der Waals surface area contributed by atoms with Crippen molar-refractivity contribution >= 4 is 0 Å². The summed E-state index contributed by atoms with van der Waals surface area (Å²) in [5, 5.41) is 3.36. The molecule has 0 amide bonds. The smallest absolute Gasteiger partial charge is 0.127 e. The molecule has 1 aliphatic heterocycles. The molecule has 0 bridgehead atoms. The molecule has 4 heteroatoms. The normalized spacial score (nSPS) is 17.6. The third kappa shape index (κ3) is 4.54. The molecule has 3 nitrogen and oxygen atoms in total. The van der Waals surface area contributed by atoms with Gasteiger partial charge in [-0.2, -0.15) is 0 Å². The minimum absolute atomic E-state index is 0.0804. The van der Waals surface area contributed by atoms with E-state index in [-0.39, 0.29) is 5.82 Å². The summed E-state index contributed by atoms with van der Waals surface area (Å²) in [6.45, 7) is 8.88. The molecule has 1 N–H and O–H groups in total. The van der Waals surface area contributed by atoms with E-state index >= 15 is 0 Å². The lowest BCUT2D eigenvalue weighted by atomic mass is 10.1. The highest BCUT2D eigenvalue weighted by Gasteiger charge is 2.15. The molecule has 0 atom stereocenters. The van der Waals surface area contributed by atoms with E-state index in [1.807, 2.05) is 12.1 Å². The van der Waals surface area contributed by atoms with Gasteiger partial charge in [0, 0.05) is 44.8 Å². The highest BCUT2D eigenvalue weighted by Crippen LogP contribution is 2.14. The fourth-order valence-electron chi connectivity index (χ4n) is 2.52. The molecule has 0 aromatic heterocycles. The highest BCUT2D eigenvalue weighted by atomic mass is 19.1. The zero-order valence-electron chi connectivity index (χ0n) is 12.7. The van der Waals surface area contributed by atoms with Gasteiger partial charge in [0.2, 0.25) is 0 Å². The van der Waals surface area contributed by atoms with Crippen molar-refractivity contribution in [2.75, 3.05) is 39.8 Å². The van der Waals surface area contributed by atoms with E-state index < -0.39 is 0 Å². The van der Waals surface area contributed by atoms with Crippen molar-refractivity contribution in [2.24, 2.45) is 0 Å². The molecule has 1 heterocycles. The van der Waals surface area contributed by atoms with Crippen LogP contribution >= 0.6 is 0 Å². The van der Waals surface area contributed by atoms with Crippen molar-refractivity contribution in [3.05, 3.63) is 35.1 Å². The van der Waals surface area contributed by atoms with Crippen molar-refractivity contribution in [3.63, 3.8) is 0 Å². The Morgan fingerprint density at radius 3 is 2.65 bits per heavy atom. The first kappa shape index (κ1) is 15.4. The van der Waals surface area contributed by atoms with E-state index in [4.69, 9.17) is 0 Å². The van der Waals surface area contributed by atoms with Gasteiger partial charge in [0.1, 0.15) is 5.82 Å². The molecular weight excluding hydrogens is 253 g/mol. The molecule has 0 spiro atoms. The summed E-state index contributed by atoms with van der Waals surface area (Å²) in [5.41, 5.74) is 1.99. The van der Waals surface area contributed by atoms with Crippen LogP contribution in [0.2, 0.25) is 0 Å². The number of nitrogens with one attached hydrogen (secondary N) is 1. The van der Waals surface area contributed by atoms with Crippen LogP contribution in [0.5, 0.6) is 0 Å². The number of rotatable bonds is 6. The average molecular weight is 279 g/mol. The molecule has 20 heavy (non-hydrogen) atoms. The van der Waals surface area contributed by atoms with Gasteiger partial charge in [-0.25, -0.2) is 4.39 Å². The molecule has 1 saturated heterocycles. The summed E-state index contributed by atoms with van der Waals surface area (Å²) >= 11 is 0. The van der Waals surface area contributed by atoms with E-state index in [0.717, 1.165) is 57.8 Å². The van der Waals surface area contributed by atoms with E-state index in [2.05, 4.69) is 29.1 Å². The molecular formula is C16H26FN3. The Morgan fingerprint density at radius 2 is 1.95 bits per heavy atom. The summed E-state index contributed by atoms with van der Waals surface area (Å²) in [6, 6.07) is 5.50. The summed E-state index contributed by atoms with van der Waals surface area (Å²) in [7, 11) is 2.14. The van der Waals surface area contributed by atoms with Crippen LogP contribution in [0, 0.1) is 5.82 Å². The Labute approximate surface area is 121 Å². The summed E-state index contributed by atoms with van der Waals surface area (Å²) in [4.78, 5) is 4.65. The van der Waals surface area contributed by atoms with Gasteiger partial charge in [-0.3, -0.25) is 4.90 Å². The number of halogens is 1. The Bertz CT molecular complexity index is 414. The molecule has 0 saturated carbocycles. The van der Waals surface area contributed by atoms with E-state index in [1.54, 1.807) is 6.07 Å². The molecule has 1 aliphatic rings. The second-order valence-corrected chi connectivity index (χ2v) is 5.68. The number of likely N-dealkylation sites (N-methyl/N-ethyl adjacent to an activating group) is 1. The quantitative estimate of drug-likeness (QED) is 0.804. The Kier molecular flexibility index (Phi) is 5.95. The van der Waals surface area contributed by atoms with Crippen LogP contribution in [0.15, 0.2) is 18.2 Å². The summed E-state index contributed by atoms with van der Waals surface area (Å²) in [5.74, 6) is -0.0804. The van der Waals surface area contributed by atoms with Gasteiger partial charge in [-0.15, -0.1) is 0 Å². The zero-order chi connectivity index (χ0) is 14.4. The zero-order valence-corrected chi connectivity index (χ0v) is 12.7. The third-order valence-electron chi connectivity index (χ3n) is 3.86. The largest absolute Gasteiger partial charge is 0.313 e. The average Bonchev–Trinajstić information content (AvgIpc) is 2.45. The number of nitrogens with zero attached hydrogens (tertiary/aromatic N) is 2. The molecule has 0 unspecified atom stereocenters. The SMILES string of the molecule is CCCNCc1ccc(F)c(CN2CCN(C)CC2)c1. The second-order valence-electron chi connectivity index (χ2n) is 5.68. The lowest BCUT2D eigenvalue weighted by molar-refractivity contribution is 0.147. The van der Waals surface area contributed by atoms with Gasteiger partial charge < -0.3 is 10.2 Å². The molecule has 0 aliphatic carbocycles. The number of hydrogen-bond acceptors (Lipinski definition) is 3. The predicted octanol–water partition coefficient (Wildman–Crippen LogP) is 2.07.